The van der Waals surface area contributed by atoms with E-state index in [4.69, 9.17) is 11.2 Å². The Morgan fingerprint density at radius 3 is 2.13 bits per heavy atom. The van der Waals surface area contributed by atoms with Crippen molar-refractivity contribution in [3.8, 4) is 12.5 Å². The van der Waals surface area contributed by atoms with Gasteiger partial charge in [-0.05, 0) is 73.4 Å². The Bertz CT molecular complexity index is 872. The first-order valence-corrected chi connectivity index (χ1v) is 10.2. The fourth-order valence-electron chi connectivity index (χ4n) is 2.99. The van der Waals surface area contributed by atoms with Crippen molar-refractivity contribution in [1.82, 2.24) is 15.5 Å². The molecule has 1 rings (SSSR count). The molecule has 2 unspecified atom stereocenters. The van der Waals surface area contributed by atoms with Crippen LogP contribution in [0.1, 0.15) is 71.2 Å². The number of aryl methyl sites for hydroxylation is 2. The topological polar surface area (TPSA) is 87.7 Å². The lowest BCUT2D eigenvalue weighted by Gasteiger charge is -2.32. The Morgan fingerprint density at radius 2 is 1.68 bits per heavy atom. The number of hydrogen-bond donors (Lipinski definition) is 2. The lowest BCUT2D eigenvalue weighted by atomic mass is 9.96. The van der Waals surface area contributed by atoms with Crippen molar-refractivity contribution < 1.29 is 19.1 Å². The first kappa shape index (κ1) is 26.0. The molecule has 0 saturated carbocycles. The van der Waals surface area contributed by atoms with Gasteiger partial charge in [-0.3, -0.25) is 14.5 Å². The smallest absolute Gasteiger partial charge is 0.408 e. The van der Waals surface area contributed by atoms with Gasteiger partial charge in [0.25, 0.3) is 5.91 Å². The fraction of sp³-hybridized carbons (Fsp3) is 0.542. The molecule has 0 aliphatic carbocycles. The summed E-state index contributed by atoms with van der Waals surface area (Å²) in [5.74, 6) is -1.00. The van der Waals surface area contributed by atoms with E-state index in [9.17, 15) is 14.4 Å². The second kappa shape index (κ2) is 9.86. The number of alkyl carbamates (subject to hydrolysis) is 1. The van der Waals surface area contributed by atoms with Crippen LogP contribution in [0.3, 0.4) is 0 Å². The van der Waals surface area contributed by atoms with Gasteiger partial charge in [0.15, 0.2) is 0 Å². The van der Waals surface area contributed by atoms with E-state index in [0.29, 0.717) is 5.56 Å². The molecule has 0 aliphatic heterocycles. The summed E-state index contributed by atoms with van der Waals surface area (Å²) in [7, 11) is 0. The van der Waals surface area contributed by atoms with E-state index in [2.05, 4.69) is 16.7 Å². The molecule has 2 N–H and O–H groups in total. The van der Waals surface area contributed by atoms with Crippen LogP contribution in [0.2, 0.25) is 0 Å². The van der Waals surface area contributed by atoms with E-state index in [1.54, 1.807) is 26.8 Å². The van der Waals surface area contributed by atoms with Crippen LogP contribution in [0.4, 0.5) is 4.79 Å². The second-order valence-electron chi connectivity index (χ2n) is 9.71. The maximum Gasteiger partial charge on any atom is 0.408 e. The van der Waals surface area contributed by atoms with Crippen LogP contribution in [0.5, 0.6) is 0 Å². The van der Waals surface area contributed by atoms with Gasteiger partial charge in [0, 0.05) is 11.6 Å². The molecule has 0 radical (unpaired) electrons. The van der Waals surface area contributed by atoms with Gasteiger partial charge in [-0.1, -0.05) is 30.2 Å². The van der Waals surface area contributed by atoms with Gasteiger partial charge in [0.1, 0.15) is 17.7 Å². The van der Waals surface area contributed by atoms with Gasteiger partial charge in [-0.25, -0.2) is 4.79 Å². The summed E-state index contributed by atoms with van der Waals surface area (Å²) in [5.41, 5.74) is 1.22. The number of terminal acetylenes is 1. The van der Waals surface area contributed by atoms with Gasteiger partial charge in [0.2, 0.25) is 5.91 Å². The molecule has 31 heavy (non-hydrogen) atoms. The van der Waals surface area contributed by atoms with E-state index in [0.717, 1.165) is 16.0 Å². The monoisotopic (exact) mass is 429 g/mol. The van der Waals surface area contributed by atoms with Crippen LogP contribution >= 0.6 is 0 Å². The number of rotatable bonds is 5. The largest absolute Gasteiger partial charge is 0.444 e. The molecule has 0 bridgehead atoms. The van der Waals surface area contributed by atoms with Crippen LogP contribution in [0, 0.1) is 26.3 Å². The second-order valence-corrected chi connectivity index (χ2v) is 9.71. The molecule has 1 aromatic carbocycles. The lowest BCUT2D eigenvalue weighted by molar-refractivity contribution is -0.138. The van der Waals surface area contributed by atoms with Crippen molar-refractivity contribution in [3.05, 3.63) is 34.9 Å². The first-order valence-electron chi connectivity index (χ1n) is 10.2. The molecule has 7 nitrogen and oxygen atoms in total. The van der Waals surface area contributed by atoms with Crippen LogP contribution in [0.15, 0.2) is 18.2 Å². The zero-order chi connectivity index (χ0) is 24.1. The highest BCUT2D eigenvalue weighted by atomic mass is 16.6. The maximum absolute atomic E-state index is 13.2. The zero-order valence-electron chi connectivity index (χ0n) is 20.0. The summed E-state index contributed by atoms with van der Waals surface area (Å²) in [6.07, 6.45) is 4.95. The Labute approximate surface area is 185 Å². The van der Waals surface area contributed by atoms with Gasteiger partial charge in [0.05, 0.1) is 0 Å². The van der Waals surface area contributed by atoms with Gasteiger partial charge in [-0.2, -0.15) is 0 Å². The predicted octanol–water partition coefficient (Wildman–Crippen LogP) is 3.59. The Hall–Kier alpha value is -3.01. The van der Waals surface area contributed by atoms with Crippen molar-refractivity contribution in [2.24, 2.45) is 0 Å². The minimum absolute atomic E-state index is 0.407. The average molecular weight is 430 g/mol. The quantitative estimate of drug-likeness (QED) is 0.553. The summed E-state index contributed by atoms with van der Waals surface area (Å²) in [4.78, 5) is 39.5. The summed E-state index contributed by atoms with van der Waals surface area (Å²) in [6, 6.07) is 5.87. The first-order chi connectivity index (χ1) is 14.1. The van der Waals surface area contributed by atoms with E-state index < -0.39 is 41.1 Å². The SMILES string of the molecule is C#CN(C(=O)C(C)NC(=O)OC(C)(C)C)C(C(=O)NC(C)(C)C)c1ccc(C)cc1C. The maximum atomic E-state index is 13.2. The Balaban J connectivity index is 3.30. The molecule has 0 saturated heterocycles. The molecule has 0 aliphatic rings. The molecular weight excluding hydrogens is 394 g/mol. The van der Waals surface area contributed by atoms with Crippen LogP contribution in [0.25, 0.3) is 0 Å². The third-order valence-corrected chi connectivity index (χ3v) is 4.20. The predicted molar refractivity (Wildman–Crippen MR) is 121 cm³/mol. The van der Waals surface area contributed by atoms with Crippen LogP contribution < -0.4 is 10.6 Å². The minimum Gasteiger partial charge on any atom is -0.444 e. The molecule has 7 heteroatoms. The van der Waals surface area contributed by atoms with Crippen molar-refractivity contribution >= 4 is 17.9 Å². The number of nitrogens with zero attached hydrogens (tertiary/aromatic N) is 1. The number of amides is 3. The molecule has 3 amide bonds. The Morgan fingerprint density at radius 1 is 1.10 bits per heavy atom. The summed E-state index contributed by atoms with van der Waals surface area (Å²) in [6.45, 7) is 16.0. The minimum atomic E-state index is -1.06. The van der Waals surface area contributed by atoms with Crippen LogP contribution in [-0.4, -0.2) is 40.0 Å². The fourth-order valence-corrected chi connectivity index (χ4v) is 2.99. The van der Waals surface area contributed by atoms with Gasteiger partial charge >= 0.3 is 6.09 Å². The normalized spacial score (nSPS) is 13.4. The number of carbonyl (C=O) groups excluding carboxylic acids is 3. The number of benzene rings is 1. The highest BCUT2D eigenvalue weighted by molar-refractivity contribution is 5.93. The van der Waals surface area contributed by atoms with Crippen molar-refractivity contribution in [3.63, 3.8) is 0 Å². The third kappa shape index (κ3) is 7.97. The average Bonchev–Trinajstić information content (AvgIpc) is 2.56. The number of hydrogen-bond acceptors (Lipinski definition) is 4. The third-order valence-electron chi connectivity index (χ3n) is 4.20. The number of ether oxygens (including phenoxy) is 1. The molecular formula is C24H35N3O4. The lowest BCUT2D eigenvalue weighted by Crippen LogP contribution is -2.52. The molecule has 0 heterocycles. The molecule has 0 spiro atoms. The molecule has 0 fully saturated rings. The van der Waals surface area contributed by atoms with Crippen molar-refractivity contribution in [2.45, 2.75) is 85.5 Å². The highest BCUT2D eigenvalue weighted by Gasteiger charge is 2.36. The van der Waals surface area contributed by atoms with E-state index >= 15 is 0 Å². The molecule has 2 atom stereocenters. The van der Waals surface area contributed by atoms with E-state index in [1.165, 1.54) is 6.92 Å². The highest BCUT2D eigenvalue weighted by Crippen LogP contribution is 2.26. The van der Waals surface area contributed by atoms with Gasteiger partial charge < -0.3 is 15.4 Å². The van der Waals surface area contributed by atoms with E-state index in [1.807, 2.05) is 46.8 Å². The number of nitrogens with one attached hydrogen (secondary N) is 2. The number of carbonyl (C=O) groups is 3. The Kier molecular flexibility index (Phi) is 8.28. The van der Waals surface area contributed by atoms with Crippen molar-refractivity contribution in [2.75, 3.05) is 0 Å². The standard InChI is InChI=1S/C24H35N3O4/c1-11-27(21(29)17(4)25-22(30)31-24(8,9)10)19(20(28)26-23(5,6)7)18-13-12-15(2)14-16(18)3/h1,12-14,17,19H,2-10H3,(H,25,30)(H,26,28). The van der Waals surface area contributed by atoms with Crippen LogP contribution in [-0.2, 0) is 14.3 Å². The van der Waals surface area contributed by atoms with E-state index in [-0.39, 0.29) is 0 Å². The van der Waals surface area contributed by atoms with Crippen molar-refractivity contribution in [1.29, 1.82) is 0 Å². The molecule has 0 aromatic heterocycles. The molecule has 170 valence electrons. The zero-order valence-corrected chi connectivity index (χ0v) is 20.0. The summed E-state index contributed by atoms with van der Waals surface area (Å²) < 4.78 is 5.21. The van der Waals surface area contributed by atoms with Gasteiger partial charge in [-0.15, -0.1) is 0 Å². The summed E-state index contributed by atoms with van der Waals surface area (Å²) >= 11 is 0. The molecule has 1 aromatic rings. The summed E-state index contributed by atoms with van der Waals surface area (Å²) in [5, 5.41) is 5.39.